The molecule has 5 rings (SSSR count). The van der Waals surface area contributed by atoms with Crippen LogP contribution in [0.5, 0.6) is 0 Å². The molecule has 8 heteroatoms. The van der Waals surface area contributed by atoms with Crippen LogP contribution in [0.1, 0.15) is 24.8 Å². The summed E-state index contributed by atoms with van der Waals surface area (Å²) in [6.45, 7) is 4.55. The summed E-state index contributed by atoms with van der Waals surface area (Å²) < 4.78 is 0. The molecule has 4 fully saturated rings. The molecule has 32 heavy (non-hydrogen) atoms. The third-order valence-corrected chi connectivity index (χ3v) is 7.52. The van der Waals surface area contributed by atoms with E-state index in [9.17, 15) is 24.3 Å². The molecule has 1 spiro atoms. The van der Waals surface area contributed by atoms with Crippen molar-refractivity contribution in [2.24, 2.45) is 11.8 Å². The van der Waals surface area contributed by atoms with E-state index in [4.69, 9.17) is 0 Å². The fraction of sp³-hybridized carbons (Fsp3) is 0.500. The molecule has 4 atom stereocenters. The number of rotatable bonds is 6. The minimum atomic E-state index is -0.979. The summed E-state index contributed by atoms with van der Waals surface area (Å²) >= 11 is 0. The molecular weight excluding hydrogens is 410 g/mol. The first-order chi connectivity index (χ1) is 15.4. The lowest BCUT2D eigenvalue weighted by Crippen LogP contribution is -2.65. The van der Waals surface area contributed by atoms with Crippen LogP contribution >= 0.6 is 0 Å². The van der Waals surface area contributed by atoms with Gasteiger partial charge in [0.1, 0.15) is 17.6 Å². The lowest BCUT2D eigenvalue weighted by Gasteiger charge is -2.44. The van der Waals surface area contributed by atoms with Crippen LogP contribution in [0.2, 0.25) is 0 Å². The Balaban J connectivity index is 1.45. The summed E-state index contributed by atoms with van der Waals surface area (Å²) in [5.74, 6) is -1.52. The topological polar surface area (TPSA) is 98.2 Å². The molecule has 3 amide bonds. The van der Waals surface area contributed by atoms with Gasteiger partial charge in [-0.3, -0.25) is 14.4 Å². The van der Waals surface area contributed by atoms with Gasteiger partial charge in [0.15, 0.2) is 0 Å². The van der Waals surface area contributed by atoms with Crippen molar-refractivity contribution in [3.05, 3.63) is 48.6 Å². The summed E-state index contributed by atoms with van der Waals surface area (Å²) in [6, 6.07) is 7.86. The number of piperidine rings is 1. The number of likely N-dealkylation sites (tertiary alicyclic amines) is 1. The van der Waals surface area contributed by atoms with Gasteiger partial charge in [0.05, 0.1) is 0 Å². The van der Waals surface area contributed by atoms with E-state index < -0.39 is 23.6 Å². The van der Waals surface area contributed by atoms with E-state index in [0.717, 1.165) is 12.0 Å². The molecule has 2 saturated heterocycles. The Labute approximate surface area is 186 Å². The molecule has 168 valence electrons. The number of nitrogens with zero attached hydrogens (tertiary/aromatic N) is 3. The fourth-order valence-corrected chi connectivity index (χ4v) is 5.61. The third kappa shape index (κ3) is 3.20. The minimum absolute atomic E-state index is 0.0151. The molecule has 0 unspecified atom stereocenters. The number of aliphatic carboxylic acids is 1. The second-order valence-corrected chi connectivity index (χ2v) is 9.36. The first-order valence-electron chi connectivity index (χ1n) is 11.2. The molecule has 0 radical (unpaired) electrons. The SMILES string of the molecule is C=CC(=O)N1CCN([C@@H](Cc2ccccc2)C(=O)N2C[C@@H]3C[C@@H]3[C@@H]2C(=O)O)C(=O)C12CC2. The number of hydrogen-bond donors (Lipinski definition) is 1. The molecule has 0 bridgehead atoms. The van der Waals surface area contributed by atoms with Gasteiger partial charge in [-0.2, -0.15) is 0 Å². The van der Waals surface area contributed by atoms with Gasteiger partial charge in [0, 0.05) is 26.1 Å². The van der Waals surface area contributed by atoms with Crippen molar-refractivity contribution in [3.8, 4) is 0 Å². The van der Waals surface area contributed by atoms with E-state index in [1.807, 2.05) is 30.3 Å². The molecule has 2 aliphatic heterocycles. The summed E-state index contributed by atoms with van der Waals surface area (Å²) in [6.07, 6.45) is 3.52. The highest BCUT2D eigenvalue weighted by molar-refractivity contribution is 6.00. The average Bonchev–Trinajstić information content (AvgIpc) is 3.71. The fourth-order valence-electron chi connectivity index (χ4n) is 5.61. The molecule has 4 aliphatic rings. The number of piperazine rings is 1. The molecule has 8 nitrogen and oxygen atoms in total. The molecule has 2 aliphatic carbocycles. The molecule has 1 N–H and O–H groups in total. The van der Waals surface area contributed by atoms with E-state index >= 15 is 0 Å². The second kappa shape index (κ2) is 7.46. The number of carbonyl (C=O) groups excluding carboxylic acids is 3. The average molecular weight is 437 g/mol. The Bertz CT molecular complexity index is 989. The summed E-state index contributed by atoms with van der Waals surface area (Å²) in [5.41, 5.74) is 0.0160. The maximum atomic E-state index is 13.8. The van der Waals surface area contributed by atoms with Gasteiger partial charge < -0.3 is 19.8 Å². The van der Waals surface area contributed by atoms with Gasteiger partial charge in [0.2, 0.25) is 17.7 Å². The molecule has 2 saturated carbocycles. The molecular formula is C24H27N3O5. The van der Waals surface area contributed by atoms with E-state index in [2.05, 4.69) is 6.58 Å². The smallest absolute Gasteiger partial charge is 0.326 e. The number of hydrogen-bond acceptors (Lipinski definition) is 4. The van der Waals surface area contributed by atoms with Gasteiger partial charge in [-0.1, -0.05) is 36.9 Å². The largest absolute Gasteiger partial charge is 0.480 e. The van der Waals surface area contributed by atoms with E-state index in [1.165, 1.54) is 11.0 Å². The lowest BCUT2D eigenvalue weighted by molar-refractivity contribution is -0.160. The van der Waals surface area contributed by atoms with Crippen LogP contribution in [0, 0.1) is 11.8 Å². The highest BCUT2D eigenvalue weighted by Gasteiger charge is 2.62. The van der Waals surface area contributed by atoms with E-state index in [1.54, 1.807) is 9.80 Å². The van der Waals surface area contributed by atoms with Crippen LogP contribution in [0.4, 0.5) is 0 Å². The predicted molar refractivity (Wildman–Crippen MR) is 114 cm³/mol. The van der Waals surface area contributed by atoms with Crippen molar-refractivity contribution < 1.29 is 24.3 Å². The standard InChI is InChI=1S/C24H27N3O5/c1-2-19(28)27-11-10-25(23(32)24(27)8-9-24)18(12-15-6-4-3-5-7-15)21(29)26-14-16-13-17(16)20(26)22(30)31/h2-7,16-18,20H,1,8-14H2,(H,30,31)/t16-,17-,18-,20+/m0/s1. The Morgan fingerprint density at radius 1 is 1.19 bits per heavy atom. The Morgan fingerprint density at radius 3 is 2.53 bits per heavy atom. The highest BCUT2D eigenvalue weighted by Crippen LogP contribution is 2.50. The van der Waals surface area contributed by atoms with Crippen LogP contribution in [0.15, 0.2) is 43.0 Å². The zero-order chi connectivity index (χ0) is 22.6. The zero-order valence-electron chi connectivity index (χ0n) is 17.9. The van der Waals surface area contributed by atoms with Crippen molar-refractivity contribution in [3.63, 3.8) is 0 Å². The molecule has 2 heterocycles. The number of amides is 3. The van der Waals surface area contributed by atoms with Gasteiger partial charge in [-0.05, 0) is 42.7 Å². The highest BCUT2D eigenvalue weighted by atomic mass is 16.4. The second-order valence-electron chi connectivity index (χ2n) is 9.36. The first-order valence-corrected chi connectivity index (χ1v) is 11.2. The number of carboxylic acids is 1. The number of carbonyl (C=O) groups is 4. The Morgan fingerprint density at radius 2 is 1.91 bits per heavy atom. The summed E-state index contributed by atoms with van der Waals surface area (Å²) in [5, 5.41) is 9.75. The van der Waals surface area contributed by atoms with Crippen LogP contribution < -0.4 is 0 Å². The van der Waals surface area contributed by atoms with Crippen LogP contribution in [-0.4, -0.2) is 80.8 Å². The maximum Gasteiger partial charge on any atom is 0.326 e. The zero-order valence-corrected chi connectivity index (χ0v) is 17.9. The van der Waals surface area contributed by atoms with Crippen LogP contribution in [0.25, 0.3) is 0 Å². The Hall–Kier alpha value is -3.16. The first kappa shape index (κ1) is 20.7. The molecule has 1 aromatic carbocycles. The van der Waals surface area contributed by atoms with E-state index in [-0.39, 0.29) is 36.1 Å². The quantitative estimate of drug-likeness (QED) is 0.668. The summed E-state index contributed by atoms with van der Waals surface area (Å²) in [4.78, 5) is 56.2. The maximum absolute atomic E-state index is 13.8. The number of benzene rings is 1. The van der Waals surface area contributed by atoms with Gasteiger partial charge >= 0.3 is 5.97 Å². The number of carboxylic acid groups (broad SMARTS) is 1. The molecule has 0 aromatic heterocycles. The lowest BCUT2D eigenvalue weighted by atomic mass is 9.98. The van der Waals surface area contributed by atoms with Crippen molar-refractivity contribution in [2.75, 3.05) is 19.6 Å². The minimum Gasteiger partial charge on any atom is -0.480 e. The normalized spacial score (nSPS) is 28.3. The predicted octanol–water partition coefficient (Wildman–Crippen LogP) is 0.919. The third-order valence-electron chi connectivity index (χ3n) is 7.52. The van der Waals surface area contributed by atoms with Crippen molar-refractivity contribution in [2.45, 2.75) is 43.3 Å². The van der Waals surface area contributed by atoms with Gasteiger partial charge in [-0.25, -0.2) is 4.79 Å². The van der Waals surface area contributed by atoms with Crippen molar-refractivity contribution in [1.29, 1.82) is 0 Å². The van der Waals surface area contributed by atoms with Crippen LogP contribution in [0.3, 0.4) is 0 Å². The monoisotopic (exact) mass is 437 g/mol. The summed E-state index contributed by atoms with van der Waals surface area (Å²) in [7, 11) is 0. The van der Waals surface area contributed by atoms with Gasteiger partial charge in [-0.15, -0.1) is 0 Å². The van der Waals surface area contributed by atoms with Crippen LogP contribution in [-0.2, 0) is 25.6 Å². The van der Waals surface area contributed by atoms with Crippen molar-refractivity contribution >= 4 is 23.7 Å². The van der Waals surface area contributed by atoms with E-state index in [0.29, 0.717) is 32.4 Å². The van der Waals surface area contributed by atoms with Gasteiger partial charge in [0.25, 0.3) is 0 Å². The Kier molecular flexibility index (Phi) is 4.83. The number of fused-ring (bicyclic) bond motifs is 1. The molecule has 1 aromatic rings. The van der Waals surface area contributed by atoms with Crippen molar-refractivity contribution in [1.82, 2.24) is 14.7 Å².